The summed E-state index contributed by atoms with van der Waals surface area (Å²) in [5, 5.41) is 8.59. The van der Waals surface area contributed by atoms with E-state index >= 15 is 0 Å². The predicted octanol–water partition coefficient (Wildman–Crippen LogP) is 3.03. The third kappa shape index (κ3) is 2.59. The van der Waals surface area contributed by atoms with Crippen LogP contribution in [0.5, 0.6) is 0 Å². The number of aromatic carboxylic acids is 1. The molecule has 0 saturated carbocycles. The van der Waals surface area contributed by atoms with Gasteiger partial charge in [-0.2, -0.15) is 0 Å². The van der Waals surface area contributed by atoms with Crippen molar-refractivity contribution in [2.45, 2.75) is 6.54 Å². The van der Waals surface area contributed by atoms with E-state index in [1.165, 1.54) is 4.57 Å². The smallest absolute Gasteiger partial charge is 0.341 e. The average molecular weight is 315 g/mol. The summed E-state index contributed by atoms with van der Waals surface area (Å²) in [4.78, 5) is 23.4. The van der Waals surface area contributed by atoms with Gasteiger partial charge in [0, 0.05) is 12.7 Å². The summed E-state index contributed by atoms with van der Waals surface area (Å²) in [5.74, 6) is -3.22. The summed E-state index contributed by atoms with van der Waals surface area (Å²) in [6.45, 7) is 0.109. The highest BCUT2D eigenvalue weighted by atomic mass is 19.1. The van der Waals surface area contributed by atoms with Crippen LogP contribution < -0.4 is 5.43 Å². The number of hydrogen-bond donors (Lipinski definition) is 1. The second-order valence-corrected chi connectivity index (χ2v) is 5.04. The molecule has 0 aliphatic carbocycles. The van der Waals surface area contributed by atoms with Gasteiger partial charge in [0.1, 0.15) is 17.2 Å². The highest BCUT2D eigenvalue weighted by Crippen LogP contribution is 2.20. The van der Waals surface area contributed by atoms with Gasteiger partial charge in [-0.15, -0.1) is 0 Å². The summed E-state index contributed by atoms with van der Waals surface area (Å²) in [6.07, 6.45) is 1.04. The minimum absolute atomic E-state index is 0.109. The Labute approximate surface area is 129 Å². The molecule has 0 aliphatic heterocycles. The van der Waals surface area contributed by atoms with Gasteiger partial charge in [-0.1, -0.05) is 30.3 Å². The molecular formula is C17H11F2NO3. The molecule has 6 heteroatoms. The van der Waals surface area contributed by atoms with E-state index < -0.39 is 34.0 Å². The molecule has 0 unspecified atom stereocenters. The van der Waals surface area contributed by atoms with Crippen molar-refractivity contribution in [3.8, 4) is 0 Å². The van der Waals surface area contributed by atoms with Crippen molar-refractivity contribution in [1.82, 2.24) is 4.57 Å². The molecule has 0 atom stereocenters. The summed E-state index contributed by atoms with van der Waals surface area (Å²) in [7, 11) is 0. The number of pyridine rings is 1. The van der Waals surface area contributed by atoms with Crippen molar-refractivity contribution in [1.29, 1.82) is 0 Å². The third-order valence-corrected chi connectivity index (χ3v) is 3.55. The fourth-order valence-corrected chi connectivity index (χ4v) is 2.51. The minimum Gasteiger partial charge on any atom is -0.477 e. The van der Waals surface area contributed by atoms with Crippen molar-refractivity contribution >= 4 is 16.9 Å². The van der Waals surface area contributed by atoms with Gasteiger partial charge in [0.2, 0.25) is 5.43 Å². The van der Waals surface area contributed by atoms with Crippen LogP contribution in [0.3, 0.4) is 0 Å². The lowest BCUT2D eigenvalue weighted by Gasteiger charge is -2.13. The van der Waals surface area contributed by atoms with Crippen LogP contribution in [0, 0.1) is 11.6 Å². The van der Waals surface area contributed by atoms with Gasteiger partial charge in [0.15, 0.2) is 0 Å². The Morgan fingerprint density at radius 1 is 1.04 bits per heavy atom. The second-order valence-electron chi connectivity index (χ2n) is 5.04. The summed E-state index contributed by atoms with van der Waals surface area (Å²) < 4.78 is 29.4. The number of hydrogen-bond acceptors (Lipinski definition) is 2. The molecule has 0 aliphatic rings. The molecule has 0 saturated heterocycles. The number of fused-ring (bicyclic) bond motifs is 1. The van der Waals surface area contributed by atoms with E-state index in [0.717, 1.165) is 23.9 Å². The van der Waals surface area contributed by atoms with E-state index in [9.17, 15) is 18.4 Å². The van der Waals surface area contributed by atoms with E-state index in [-0.39, 0.29) is 12.1 Å². The molecule has 4 nitrogen and oxygen atoms in total. The average Bonchev–Trinajstić information content (AvgIpc) is 2.53. The molecule has 3 aromatic rings. The first-order valence-electron chi connectivity index (χ1n) is 6.77. The Hall–Kier alpha value is -3.02. The minimum atomic E-state index is -1.48. The Kier molecular flexibility index (Phi) is 3.65. The molecule has 0 fully saturated rings. The molecule has 1 N–H and O–H groups in total. The molecule has 1 heterocycles. The Morgan fingerprint density at radius 2 is 1.70 bits per heavy atom. The highest BCUT2D eigenvalue weighted by Gasteiger charge is 2.19. The van der Waals surface area contributed by atoms with E-state index in [2.05, 4.69) is 0 Å². The molecule has 1 aromatic heterocycles. The zero-order chi connectivity index (χ0) is 16.6. The Balaban J connectivity index is 2.36. The molecule has 0 bridgehead atoms. The van der Waals surface area contributed by atoms with Crippen molar-refractivity contribution < 1.29 is 18.7 Å². The summed E-state index contributed by atoms with van der Waals surface area (Å²) >= 11 is 0. The molecular weight excluding hydrogens is 304 g/mol. The zero-order valence-electron chi connectivity index (χ0n) is 11.8. The van der Waals surface area contributed by atoms with Crippen LogP contribution in [0.2, 0.25) is 0 Å². The predicted molar refractivity (Wildman–Crippen MR) is 80.6 cm³/mol. The first-order chi connectivity index (χ1) is 11.0. The van der Waals surface area contributed by atoms with Crippen LogP contribution in [0.15, 0.2) is 53.5 Å². The number of halogens is 2. The third-order valence-electron chi connectivity index (χ3n) is 3.55. The summed E-state index contributed by atoms with van der Waals surface area (Å²) in [5.41, 5.74) is -1.12. The number of aromatic nitrogens is 1. The van der Waals surface area contributed by atoms with Gasteiger partial charge in [-0.25, -0.2) is 13.6 Å². The fourth-order valence-electron chi connectivity index (χ4n) is 2.51. The van der Waals surface area contributed by atoms with E-state index in [4.69, 9.17) is 5.11 Å². The molecule has 0 amide bonds. The van der Waals surface area contributed by atoms with E-state index in [0.29, 0.717) is 0 Å². The molecule has 0 spiro atoms. The maximum Gasteiger partial charge on any atom is 0.341 e. The second kappa shape index (κ2) is 5.64. The molecule has 0 radical (unpaired) electrons. The number of benzene rings is 2. The van der Waals surface area contributed by atoms with Crippen LogP contribution in [-0.2, 0) is 6.54 Å². The van der Waals surface area contributed by atoms with Gasteiger partial charge in [-0.3, -0.25) is 4.79 Å². The number of carboxylic acids is 1. The Morgan fingerprint density at radius 3 is 2.35 bits per heavy atom. The molecule has 3 rings (SSSR count). The topological polar surface area (TPSA) is 59.3 Å². The largest absolute Gasteiger partial charge is 0.477 e. The lowest BCUT2D eigenvalue weighted by molar-refractivity contribution is 0.0695. The quantitative estimate of drug-likeness (QED) is 0.808. The van der Waals surface area contributed by atoms with Crippen molar-refractivity contribution in [2.24, 2.45) is 0 Å². The number of nitrogens with zero attached hydrogens (tertiary/aromatic N) is 1. The van der Waals surface area contributed by atoms with Crippen LogP contribution in [0.4, 0.5) is 8.78 Å². The fraction of sp³-hybridized carbons (Fsp3) is 0.0588. The maximum absolute atomic E-state index is 14.2. The SMILES string of the molecule is O=C(O)c1cn(Cc2ccccc2)c2c(F)ccc(F)c2c1=O. The normalized spacial score (nSPS) is 10.9. The van der Waals surface area contributed by atoms with Gasteiger partial charge in [0.25, 0.3) is 0 Å². The van der Waals surface area contributed by atoms with Crippen molar-refractivity contribution in [3.63, 3.8) is 0 Å². The monoisotopic (exact) mass is 315 g/mol. The van der Waals surface area contributed by atoms with Crippen LogP contribution in [-0.4, -0.2) is 15.6 Å². The van der Waals surface area contributed by atoms with Gasteiger partial charge in [-0.05, 0) is 17.7 Å². The lowest BCUT2D eigenvalue weighted by Crippen LogP contribution is -2.21. The zero-order valence-corrected chi connectivity index (χ0v) is 11.8. The maximum atomic E-state index is 14.2. The van der Waals surface area contributed by atoms with Crippen molar-refractivity contribution in [3.05, 3.63) is 81.6 Å². The van der Waals surface area contributed by atoms with Crippen LogP contribution >= 0.6 is 0 Å². The van der Waals surface area contributed by atoms with Gasteiger partial charge in [0.05, 0.1) is 10.9 Å². The van der Waals surface area contributed by atoms with Gasteiger partial charge < -0.3 is 9.67 Å². The number of carbonyl (C=O) groups is 1. The molecule has 23 heavy (non-hydrogen) atoms. The first-order valence-corrected chi connectivity index (χ1v) is 6.77. The van der Waals surface area contributed by atoms with E-state index in [1.54, 1.807) is 30.3 Å². The van der Waals surface area contributed by atoms with Crippen molar-refractivity contribution in [2.75, 3.05) is 0 Å². The highest BCUT2D eigenvalue weighted by molar-refractivity contribution is 5.92. The van der Waals surface area contributed by atoms with Gasteiger partial charge >= 0.3 is 5.97 Å². The van der Waals surface area contributed by atoms with Crippen LogP contribution in [0.1, 0.15) is 15.9 Å². The lowest BCUT2D eigenvalue weighted by atomic mass is 10.1. The Bertz CT molecular complexity index is 965. The number of rotatable bonds is 3. The summed E-state index contributed by atoms with van der Waals surface area (Å²) in [6, 6.07) is 10.6. The van der Waals surface area contributed by atoms with Crippen LogP contribution in [0.25, 0.3) is 10.9 Å². The number of carboxylic acid groups (broad SMARTS) is 1. The standard InChI is InChI=1S/C17H11F2NO3/c18-12-6-7-13(19)15-14(12)16(21)11(17(22)23)9-20(15)8-10-4-2-1-3-5-10/h1-7,9H,8H2,(H,22,23). The molecule has 2 aromatic carbocycles. The van der Waals surface area contributed by atoms with E-state index in [1.807, 2.05) is 0 Å². The molecule has 116 valence electrons. The first kappa shape index (κ1) is 14.9.